The molecule has 3 aromatic carbocycles. The van der Waals surface area contributed by atoms with Crippen LogP contribution in [0, 0.1) is 27.7 Å². The minimum absolute atomic E-state index is 0.140. The van der Waals surface area contributed by atoms with Crippen LogP contribution in [0.5, 0.6) is 0 Å². The molecule has 0 saturated carbocycles. The Bertz CT molecular complexity index is 1290. The molecule has 0 radical (unpaired) electrons. The van der Waals surface area contributed by atoms with Crippen molar-refractivity contribution in [2.45, 2.75) is 48.5 Å². The summed E-state index contributed by atoms with van der Waals surface area (Å²) in [6.45, 7) is 12.1. The van der Waals surface area contributed by atoms with Gasteiger partial charge in [0, 0.05) is 16.7 Å². The first-order valence-corrected chi connectivity index (χ1v) is 11.1. The maximum Gasteiger partial charge on any atom is 0.249 e. The third-order valence-electron chi connectivity index (χ3n) is 6.28. The van der Waals surface area contributed by atoms with Crippen LogP contribution in [0.1, 0.15) is 84.5 Å². The molecule has 0 heterocycles. The van der Waals surface area contributed by atoms with Crippen LogP contribution in [-0.4, -0.2) is 23.3 Å². The number of carbonyl (C=O) groups is 4. The number of carbonyl (C=O) groups excluding carboxylic acids is 4. The van der Waals surface area contributed by atoms with Gasteiger partial charge in [-0.05, 0) is 117 Å². The van der Waals surface area contributed by atoms with Gasteiger partial charge in [0.15, 0.2) is 17.3 Å². The van der Waals surface area contributed by atoms with Gasteiger partial charge in [0.2, 0.25) is 5.91 Å². The van der Waals surface area contributed by atoms with E-state index in [-0.39, 0.29) is 22.9 Å². The Labute approximate surface area is 200 Å². The van der Waals surface area contributed by atoms with Gasteiger partial charge in [0.25, 0.3) is 0 Å². The van der Waals surface area contributed by atoms with E-state index in [1.165, 1.54) is 20.8 Å². The summed E-state index contributed by atoms with van der Waals surface area (Å²) in [6.07, 6.45) is 0. The molecule has 0 spiro atoms. The number of Topliss-reactive ketones (excluding diaryl/α,β-unsaturated/α-hetero) is 3. The molecule has 0 aliphatic carbocycles. The quantitative estimate of drug-likeness (QED) is 0.464. The summed E-state index contributed by atoms with van der Waals surface area (Å²) in [7, 11) is 0. The Morgan fingerprint density at radius 1 is 0.471 bits per heavy atom. The SMILES string of the molecule is CC(=O)c1cc(C)c(-c2cc(C)c(-c3cc(C(C)=O)c(C(N)=O)cc3C)cc2C)cc1C(C)=O. The summed E-state index contributed by atoms with van der Waals surface area (Å²) in [5.41, 5.74) is 14.2. The van der Waals surface area contributed by atoms with Crippen molar-refractivity contribution in [2.24, 2.45) is 5.73 Å². The largest absolute Gasteiger partial charge is 0.366 e. The Morgan fingerprint density at radius 3 is 1.09 bits per heavy atom. The second-order valence-corrected chi connectivity index (χ2v) is 8.94. The lowest BCUT2D eigenvalue weighted by atomic mass is 9.85. The molecule has 2 N–H and O–H groups in total. The number of benzene rings is 3. The summed E-state index contributed by atoms with van der Waals surface area (Å²) in [4.78, 5) is 48.3. The topological polar surface area (TPSA) is 94.3 Å². The first-order valence-electron chi connectivity index (χ1n) is 11.1. The van der Waals surface area contributed by atoms with Gasteiger partial charge in [0.05, 0.1) is 5.56 Å². The van der Waals surface area contributed by atoms with Crippen LogP contribution in [0.3, 0.4) is 0 Å². The van der Waals surface area contributed by atoms with Gasteiger partial charge in [-0.3, -0.25) is 19.2 Å². The number of rotatable bonds is 6. The number of primary amides is 1. The van der Waals surface area contributed by atoms with Crippen molar-refractivity contribution in [3.63, 3.8) is 0 Å². The van der Waals surface area contributed by atoms with E-state index in [9.17, 15) is 19.2 Å². The number of nitrogens with two attached hydrogens (primary N) is 1. The second-order valence-electron chi connectivity index (χ2n) is 8.94. The molecule has 5 heteroatoms. The van der Waals surface area contributed by atoms with Crippen molar-refractivity contribution in [3.05, 3.63) is 80.9 Å². The van der Waals surface area contributed by atoms with Crippen LogP contribution in [0.2, 0.25) is 0 Å². The van der Waals surface area contributed by atoms with Crippen molar-refractivity contribution in [1.29, 1.82) is 0 Å². The van der Waals surface area contributed by atoms with Crippen molar-refractivity contribution in [3.8, 4) is 22.3 Å². The molecular weight excluding hydrogens is 426 g/mol. The predicted octanol–water partition coefficient (Wildman–Crippen LogP) is 5.96. The first kappa shape index (κ1) is 24.8. The Hall–Kier alpha value is -3.86. The lowest BCUT2D eigenvalue weighted by Crippen LogP contribution is -2.16. The Kier molecular flexibility index (Phi) is 6.69. The zero-order valence-electron chi connectivity index (χ0n) is 20.7. The number of ketones is 3. The second kappa shape index (κ2) is 9.18. The molecule has 3 aromatic rings. The Morgan fingerprint density at radius 2 is 0.735 bits per heavy atom. The monoisotopic (exact) mass is 455 g/mol. The molecule has 5 nitrogen and oxygen atoms in total. The van der Waals surface area contributed by atoms with E-state index >= 15 is 0 Å². The molecule has 34 heavy (non-hydrogen) atoms. The van der Waals surface area contributed by atoms with Crippen LogP contribution in [-0.2, 0) is 0 Å². The van der Waals surface area contributed by atoms with Gasteiger partial charge >= 0.3 is 0 Å². The van der Waals surface area contributed by atoms with Crippen LogP contribution < -0.4 is 5.73 Å². The van der Waals surface area contributed by atoms with Crippen LogP contribution >= 0.6 is 0 Å². The minimum Gasteiger partial charge on any atom is -0.366 e. The fourth-order valence-corrected chi connectivity index (χ4v) is 4.47. The number of hydrogen-bond donors (Lipinski definition) is 1. The van der Waals surface area contributed by atoms with Crippen molar-refractivity contribution < 1.29 is 19.2 Å². The van der Waals surface area contributed by atoms with Crippen LogP contribution in [0.25, 0.3) is 22.3 Å². The third-order valence-corrected chi connectivity index (χ3v) is 6.28. The van der Waals surface area contributed by atoms with Gasteiger partial charge in [-0.1, -0.05) is 12.1 Å². The van der Waals surface area contributed by atoms with Gasteiger partial charge in [-0.15, -0.1) is 0 Å². The average Bonchev–Trinajstić information content (AvgIpc) is 2.74. The molecule has 3 rings (SSSR count). The van der Waals surface area contributed by atoms with Gasteiger partial charge in [-0.2, -0.15) is 0 Å². The normalized spacial score (nSPS) is 10.8. The van der Waals surface area contributed by atoms with Gasteiger partial charge in [-0.25, -0.2) is 0 Å². The molecule has 174 valence electrons. The number of hydrogen-bond acceptors (Lipinski definition) is 4. The van der Waals surface area contributed by atoms with E-state index in [4.69, 9.17) is 5.73 Å². The molecular formula is C29H29NO4. The van der Waals surface area contributed by atoms with Crippen LogP contribution in [0.4, 0.5) is 0 Å². The standard InChI is InChI=1S/C29H29NO4/c1-14-9-22(24-13-27(20(7)33)28(29(30)34)11-17(24)4)15(2)8-21(14)23-12-26(19(6)32)25(18(5)31)10-16(23)3/h8-13H,1-7H3,(H2,30,34). The van der Waals surface area contributed by atoms with Crippen molar-refractivity contribution in [1.82, 2.24) is 0 Å². The van der Waals surface area contributed by atoms with Gasteiger partial charge in [0.1, 0.15) is 0 Å². The first-order chi connectivity index (χ1) is 15.8. The number of amides is 1. The molecule has 0 atom stereocenters. The third kappa shape index (κ3) is 4.46. The zero-order chi connectivity index (χ0) is 25.5. The van der Waals surface area contributed by atoms with E-state index in [0.717, 1.165) is 44.5 Å². The van der Waals surface area contributed by atoms with Crippen molar-refractivity contribution >= 4 is 23.3 Å². The zero-order valence-corrected chi connectivity index (χ0v) is 20.7. The van der Waals surface area contributed by atoms with Gasteiger partial charge < -0.3 is 5.73 Å². The van der Waals surface area contributed by atoms with E-state index in [1.54, 1.807) is 24.3 Å². The average molecular weight is 456 g/mol. The molecule has 0 saturated heterocycles. The lowest BCUT2D eigenvalue weighted by molar-refractivity contribution is 0.0973. The van der Waals surface area contributed by atoms with Crippen molar-refractivity contribution in [2.75, 3.05) is 0 Å². The molecule has 0 aliphatic rings. The highest BCUT2D eigenvalue weighted by Crippen LogP contribution is 2.36. The fraction of sp³-hybridized carbons (Fsp3) is 0.241. The number of aryl methyl sites for hydroxylation is 4. The summed E-state index contributed by atoms with van der Waals surface area (Å²) >= 11 is 0. The molecule has 0 fully saturated rings. The summed E-state index contributed by atoms with van der Waals surface area (Å²) in [5, 5.41) is 0. The van der Waals surface area contributed by atoms with E-state index in [2.05, 4.69) is 6.07 Å². The smallest absolute Gasteiger partial charge is 0.249 e. The summed E-state index contributed by atoms with van der Waals surface area (Å²) < 4.78 is 0. The highest BCUT2D eigenvalue weighted by molar-refractivity contribution is 6.09. The summed E-state index contributed by atoms with van der Waals surface area (Å²) in [5.74, 6) is -1.15. The van der Waals surface area contributed by atoms with E-state index < -0.39 is 5.91 Å². The summed E-state index contributed by atoms with van der Waals surface area (Å²) in [6, 6.07) is 11.1. The maximum atomic E-state index is 12.2. The molecule has 0 aliphatic heterocycles. The molecule has 0 aromatic heterocycles. The predicted molar refractivity (Wildman–Crippen MR) is 135 cm³/mol. The highest BCUT2D eigenvalue weighted by atomic mass is 16.1. The van der Waals surface area contributed by atoms with Crippen LogP contribution in [0.15, 0.2) is 36.4 Å². The fourth-order valence-electron chi connectivity index (χ4n) is 4.47. The maximum absolute atomic E-state index is 12.2. The Balaban J connectivity index is 2.24. The van der Waals surface area contributed by atoms with E-state index in [1.807, 2.05) is 33.8 Å². The molecule has 1 amide bonds. The lowest BCUT2D eigenvalue weighted by Gasteiger charge is -2.18. The highest BCUT2D eigenvalue weighted by Gasteiger charge is 2.20. The minimum atomic E-state index is -0.631. The molecule has 0 bridgehead atoms. The molecule has 0 unspecified atom stereocenters. The van der Waals surface area contributed by atoms with E-state index in [0.29, 0.717) is 16.7 Å².